The second kappa shape index (κ2) is 8.46. The Hall–Kier alpha value is -2.90. The van der Waals surface area contributed by atoms with Gasteiger partial charge in [0.2, 0.25) is 5.91 Å². The molecule has 0 spiro atoms. The van der Waals surface area contributed by atoms with Crippen molar-refractivity contribution in [1.29, 1.82) is 0 Å². The lowest BCUT2D eigenvalue weighted by atomic mass is 10.1. The van der Waals surface area contributed by atoms with Gasteiger partial charge in [0, 0.05) is 19.4 Å². The average molecular weight is 356 g/mol. The molecule has 0 aliphatic heterocycles. The number of rotatable bonds is 9. The Balaban J connectivity index is 1.58. The van der Waals surface area contributed by atoms with Gasteiger partial charge in [-0.1, -0.05) is 13.8 Å². The molecular formula is C18H24N6O2. The van der Waals surface area contributed by atoms with Crippen LogP contribution in [0.15, 0.2) is 34.9 Å². The fourth-order valence-corrected chi connectivity index (χ4v) is 2.49. The minimum absolute atomic E-state index is 0.0227. The minimum Gasteiger partial charge on any atom is -0.467 e. The number of amides is 1. The van der Waals surface area contributed by atoms with Crippen LogP contribution in [-0.2, 0) is 17.8 Å². The van der Waals surface area contributed by atoms with Crippen LogP contribution in [-0.4, -0.2) is 32.3 Å². The number of nitrogens with zero attached hydrogens (tertiary/aromatic N) is 4. The van der Waals surface area contributed by atoms with Gasteiger partial charge in [0.05, 0.1) is 12.8 Å². The Morgan fingerprint density at radius 2 is 2.15 bits per heavy atom. The molecule has 0 bridgehead atoms. The number of aromatic nitrogens is 4. The van der Waals surface area contributed by atoms with E-state index in [9.17, 15) is 4.79 Å². The maximum Gasteiger partial charge on any atom is 0.220 e. The highest BCUT2D eigenvalue weighted by Gasteiger charge is 2.10. The Morgan fingerprint density at radius 3 is 2.92 bits per heavy atom. The number of aryl methyl sites for hydroxylation is 1. The zero-order valence-electron chi connectivity index (χ0n) is 15.1. The van der Waals surface area contributed by atoms with Gasteiger partial charge >= 0.3 is 0 Å². The van der Waals surface area contributed by atoms with Crippen LogP contribution in [0.3, 0.4) is 0 Å². The Labute approximate surface area is 152 Å². The number of hydrogen-bond donors (Lipinski definition) is 2. The first-order valence-electron chi connectivity index (χ1n) is 8.86. The lowest BCUT2D eigenvalue weighted by Crippen LogP contribution is -2.25. The van der Waals surface area contributed by atoms with Gasteiger partial charge < -0.3 is 15.1 Å². The molecule has 3 aromatic heterocycles. The number of fused-ring (bicyclic) bond motifs is 1. The number of furan rings is 1. The Bertz CT molecular complexity index is 841. The summed E-state index contributed by atoms with van der Waals surface area (Å²) in [6.07, 6.45) is 3.47. The lowest BCUT2D eigenvalue weighted by Gasteiger charge is -2.07. The van der Waals surface area contributed by atoms with Crippen LogP contribution in [0.25, 0.3) is 5.65 Å². The summed E-state index contributed by atoms with van der Waals surface area (Å²) < 4.78 is 6.97. The molecule has 0 saturated carbocycles. The monoisotopic (exact) mass is 356 g/mol. The maximum absolute atomic E-state index is 11.9. The lowest BCUT2D eigenvalue weighted by molar-refractivity contribution is -0.121. The highest BCUT2D eigenvalue weighted by atomic mass is 16.3. The van der Waals surface area contributed by atoms with Crippen molar-refractivity contribution in [3.05, 3.63) is 42.1 Å². The van der Waals surface area contributed by atoms with Gasteiger partial charge in [0.1, 0.15) is 11.6 Å². The van der Waals surface area contributed by atoms with E-state index in [0.29, 0.717) is 49.1 Å². The molecule has 8 nitrogen and oxygen atoms in total. The molecule has 0 aliphatic rings. The van der Waals surface area contributed by atoms with Crippen LogP contribution >= 0.6 is 0 Å². The highest BCUT2D eigenvalue weighted by Crippen LogP contribution is 2.10. The molecule has 3 heterocycles. The first-order chi connectivity index (χ1) is 12.6. The normalized spacial score (nSPS) is 11.2. The third-order valence-electron chi connectivity index (χ3n) is 3.97. The molecule has 3 rings (SSSR count). The fourth-order valence-electron chi connectivity index (χ4n) is 2.49. The van der Waals surface area contributed by atoms with E-state index in [1.165, 1.54) is 0 Å². The highest BCUT2D eigenvalue weighted by molar-refractivity contribution is 5.76. The molecule has 1 amide bonds. The number of anilines is 1. The van der Waals surface area contributed by atoms with Crippen LogP contribution in [0.5, 0.6) is 0 Å². The average Bonchev–Trinajstić information content (AvgIpc) is 3.27. The summed E-state index contributed by atoms with van der Waals surface area (Å²) in [5, 5.41) is 18.9. The van der Waals surface area contributed by atoms with E-state index in [2.05, 4.69) is 39.8 Å². The standard InChI is InChI=1S/C18H24N6O2/c1-13(2)9-10-19-18(25)8-7-17-22-21-16-6-5-15(23-24(16)17)20-12-14-4-3-11-26-14/h3-6,11,13H,7-10,12H2,1-2H3,(H,19,25)(H,20,23). The molecule has 0 aliphatic carbocycles. The molecular weight excluding hydrogens is 332 g/mol. The molecule has 0 atom stereocenters. The maximum atomic E-state index is 11.9. The number of hydrogen-bond acceptors (Lipinski definition) is 6. The first-order valence-corrected chi connectivity index (χ1v) is 8.86. The molecule has 0 aromatic carbocycles. The largest absolute Gasteiger partial charge is 0.467 e. The quantitative estimate of drug-likeness (QED) is 0.611. The summed E-state index contributed by atoms with van der Waals surface area (Å²) in [5.41, 5.74) is 0.656. The third-order valence-corrected chi connectivity index (χ3v) is 3.97. The second-order valence-corrected chi connectivity index (χ2v) is 6.57. The van der Waals surface area contributed by atoms with Gasteiger partial charge in [0.15, 0.2) is 11.5 Å². The summed E-state index contributed by atoms with van der Waals surface area (Å²) in [6, 6.07) is 7.43. The summed E-state index contributed by atoms with van der Waals surface area (Å²) in [5.74, 6) is 2.78. The first kappa shape index (κ1) is 17.9. The zero-order valence-corrected chi connectivity index (χ0v) is 15.1. The van der Waals surface area contributed by atoms with Crippen molar-refractivity contribution in [3.8, 4) is 0 Å². The van der Waals surface area contributed by atoms with E-state index in [-0.39, 0.29) is 5.91 Å². The molecule has 2 N–H and O–H groups in total. The molecule has 0 radical (unpaired) electrons. The van der Waals surface area contributed by atoms with Gasteiger partial charge in [0.25, 0.3) is 0 Å². The van der Waals surface area contributed by atoms with Crippen LogP contribution < -0.4 is 10.6 Å². The Kier molecular flexibility index (Phi) is 5.83. The number of nitrogens with one attached hydrogen (secondary N) is 2. The fraction of sp³-hybridized carbons (Fsp3) is 0.444. The Morgan fingerprint density at radius 1 is 1.27 bits per heavy atom. The zero-order chi connectivity index (χ0) is 18.4. The molecule has 8 heteroatoms. The van der Waals surface area contributed by atoms with Crippen molar-refractivity contribution in [2.45, 2.75) is 39.7 Å². The van der Waals surface area contributed by atoms with Crippen molar-refractivity contribution < 1.29 is 9.21 Å². The number of carbonyl (C=O) groups excluding carboxylic acids is 1. The van der Waals surface area contributed by atoms with E-state index < -0.39 is 0 Å². The topological polar surface area (TPSA) is 97.3 Å². The van der Waals surface area contributed by atoms with E-state index in [1.54, 1.807) is 10.8 Å². The van der Waals surface area contributed by atoms with Gasteiger partial charge in [-0.2, -0.15) is 4.52 Å². The second-order valence-electron chi connectivity index (χ2n) is 6.57. The van der Waals surface area contributed by atoms with Gasteiger partial charge in [-0.05, 0) is 36.6 Å². The van der Waals surface area contributed by atoms with Crippen LogP contribution in [0.1, 0.15) is 38.3 Å². The smallest absolute Gasteiger partial charge is 0.220 e. The van der Waals surface area contributed by atoms with Crippen molar-refractivity contribution in [2.75, 3.05) is 11.9 Å². The SMILES string of the molecule is CC(C)CCNC(=O)CCc1nnc2ccc(NCc3ccco3)nn12. The molecule has 138 valence electrons. The molecule has 26 heavy (non-hydrogen) atoms. The van der Waals surface area contributed by atoms with Crippen LogP contribution in [0.2, 0.25) is 0 Å². The van der Waals surface area contributed by atoms with Crippen molar-refractivity contribution in [3.63, 3.8) is 0 Å². The summed E-state index contributed by atoms with van der Waals surface area (Å²) >= 11 is 0. The van der Waals surface area contributed by atoms with Crippen LogP contribution in [0.4, 0.5) is 5.82 Å². The van der Waals surface area contributed by atoms with Crippen molar-refractivity contribution >= 4 is 17.4 Å². The van der Waals surface area contributed by atoms with E-state index in [4.69, 9.17) is 4.42 Å². The van der Waals surface area contributed by atoms with Gasteiger partial charge in [-0.3, -0.25) is 4.79 Å². The van der Waals surface area contributed by atoms with E-state index >= 15 is 0 Å². The van der Waals surface area contributed by atoms with Crippen molar-refractivity contribution in [1.82, 2.24) is 25.1 Å². The van der Waals surface area contributed by atoms with E-state index in [0.717, 1.165) is 12.2 Å². The van der Waals surface area contributed by atoms with E-state index in [1.807, 2.05) is 24.3 Å². The third kappa shape index (κ3) is 4.81. The molecule has 3 aromatic rings. The van der Waals surface area contributed by atoms with Gasteiger partial charge in [-0.15, -0.1) is 15.3 Å². The van der Waals surface area contributed by atoms with Crippen LogP contribution in [0, 0.1) is 5.92 Å². The number of carbonyl (C=O) groups is 1. The predicted molar refractivity (Wildman–Crippen MR) is 97.6 cm³/mol. The minimum atomic E-state index is 0.0227. The molecule has 0 unspecified atom stereocenters. The predicted octanol–water partition coefficient (Wildman–Crippen LogP) is 2.42. The molecule has 0 fully saturated rings. The van der Waals surface area contributed by atoms with Gasteiger partial charge in [-0.25, -0.2) is 0 Å². The van der Waals surface area contributed by atoms with Crippen molar-refractivity contribution in [2.24, 2.45) is 5.92 Å². The summed E-state index contributed by atoms with van der Waals surface area (Å²) in [4.78, 5) is 11.9. The summed E-state index contributed by atoms with van der Waals surface area (Å²) in [6.45, 7) is 5.52. The molecule has 0 saturated heterocycles. The summed E-state index contributed by atoms with van der Waals surface area (Å²) in [7, 11) is 0.